The van der Waals surface area contributed by atoms with Crippen molar-refractivity contribution in [2.75, 3.05) is 5.32 Å². The first-order valence-electron chi connectivity index (χ1n) is 7.54. The zero-order chi connectivity index (χ0) is 18.8. The minimum atomic E-state index is -2.88. The number of hydrogen-bond donors (Lipinski definition) is 1. The van der Waals surface area contributed by atoms with Gasteiger partial charge in [0.2, 0.25) is 0 Å². The fraction of sp³-hybridized carbons (Fsp3) is 0.111. The lowest BCUT2D eigenvalue weighted by molar-refractivity contribution is 0.101. The van der Waals surface area contributed by atoms with Crippen LogP contribution < -0.4 is 5.32 Å². The van der Waals surface area contributed by atoms with E-state index in [1.165, 1.54) is 31.4 Å². The molecule has 0 radical (unpaired) electrons. The second-order valence-corrected chi connectivity index (χ2v) is 5.93. The van der Waals surface area contributed by atoms with E-state index in [0.717, 1.165) is 4.68 Å². The first-order chi connectivity index (χ1) is 12.4. The number of carbonyl (C=O) groups excluding carboxylic acids is 1. The van der Waals surface area contributed by atoms with Gasteiger partial charge in [0.15, 0.2) is 0 Å². The maximum absolute atomic E-state index is 13.6. The fourth-order valence-corrected chi connectivity index (χ4v) is 2.78. The molecule has 0 aliphatic rings. The molecule has 3 aromatic rings. The van der Waals surface area contributed by atoms with E-state index in [9.17, 15) is 18.0 Å². The number of carbonyl (C=O) groups is 1. The number of nitrogens with one attached hydrogen (secondary N) is 1. The number of anilines is 1. The van der Waals surface area contributed by atoms with Crippen LogP contribution >= 0.6 is 11.6 Å². The smallest absolute Gasteiger partial charge is 0.282 e. The molecule has 2 aromatic carbocycles. The number of alkyl halides is 2. The maximum atomic E-state index is 13.6. The molecule has 0 atom stereocenters. The molecule has 4 nitrogen and oxygen atoms in total. The van der Waals surface area contributed by atoms with E-state index in [0.29, 0.717) is 21.8 Å². The van der Waals surface area contributed by atoms with Crippen LogP contribution in [0.5, 0.6) is 0 Å². The Hall–Kier alpha value is -2.80. The summed E-state index contributed by atoms with van der Waals surface area (Å²) in [6.45, 7) is 0. The van der Waals surface area contributed by atoms with Crippen molar-refractivity contribution in [1.29, 1.82) is 0 Å². The van der Waals surface area contributed by atoms with Crippen molar-refractivity contribution in [1.82, 2.24) is 9.78 Å². The number of benzene rings is 2. The van der Waals surface area contributed by atoms with Crippen molar-refractivity contribution in [3.05, 3.63) is 70.8 Å². The van der Waals surface area contributed by atoms with E-state index >= 15 is 0 Å². The van der Waals surface area contributed by atoms with Gasteiger partial charge in [-0.25, -0.2) is 13.2 Å². The monoisotopic (exact) mass is 379 g/mol. The Morgan fingerprint density at radius 1 is 1.19 bits per heavy atom. The molecule has 0 aliphatic carbocycles. The highest BCUT2D eigenvalue weighted by atomic mass is 35.5. The lowest BCUT2D eigenvalue weighted by atomic mass is 10.0. The van der Waals surface area contributed by atoms with Gasteiger partial charge in [0.05, 0.1) is 5.56 Å². The van der Waals surface area contributed by atoms with Crippen LogP contribution in [0.3, 0.4) is 0 Å². The van der Waals surface area contributed by atoms with Crippen LogP contribution in [-0.2, 0) is 7.05 Å². The molecule has 26 heavy (non-hydrogen) atoms. The highest BCUT2D eigenvalue weighted by Crippen LogP contribution is 2.34. The first kappa shape index (κ1) is 18.0. The average molecular weight is 380 g/mol. The standard InChI is InChI=1S/C18H13ClF3N3O/c1-25-9-13(16(24-25)17(21)22)18(26)23-15-5-3-2-4-11(15)12-8-10(20)6-7-14(12)19/h2-9,17H,1H3,(H,23,26). The molecule has 0 fully saturated rings. The van der Waals surface area contributed by atoms with Gasteiger partial charge in [0.1, 0.15) is 11.5 Å². The summed E-state index contributed by atoms with van der Waals surface area (Å²) in [6.07, 6.45) is -1.67. The third-order valence-corrected chi connectivity index (χ3v) is 4.03. The van der Waals surface area contributed by atoms with Gasteiger partial charge in [-0.3, -0.25) is 9.48 Å². The zero-order valence-corrected chi connectivity index (χ0v) is 14.3. The summed E-state index contributed by atoms with van der Waals surface area (Å²) in [4.78, 5) is 12.5. The van der Waals surface area contributed by atoms with Gasteiger partial charge in [-0.05, 0) is 24.3 Å². The number of aromatic nitrogens is 2. The number of aryl methyl sites for hydroxylation is 1. The van der Waals surface area contributed by atoms with Gasteiger partial charge >= 0.3 is 0 Å². The lowest BCUT2D eigenvalue weighted by Crippen LogP contribution is -2.14. The molecule has 1 heterocycles. The molecule has 134 valence electrons. The highest BCUT2D eigenvalue weighted by Gasteiger charge is 2.23. The lowest BCUT2D eigenvalue weighted by Gasteiger charge is -2.12. The minimum Gasteiger partial charge on any atom is -0.321 e. The molecule has 0 saturated heterocycles. The average Bonchev–Trinajstić information content (AvgIpc) is 3.00. The van der Waals surface area contributed by atoms with Crippen molar-refractivity contribution in [3.8, 4) is 11.1 Å². The molecule has 0 saturated carbocycles. The van der Waals surface area contributed by atoms with E-state index < -0.39 is 23.8 Å². The minimum absolute atomic E-state index is 0.234. The van der Waals surface area contributed by atoms with Crippen molar-refractivity contribution in [2.24, 2.45) is 7.05 Å². The molecule has 8 heteroatoms. The topological polar surface area (TPSA) is 46.9 Å². The van der Waals surface area contributed by atoms with Crippen LogP contribution in [0.1, 0.15) is 22.5 Å². The van der Waals surface area contributed by atoms with E-state index in [1.54, 1.807) is 24.3 Å². The van der Waals surface area contributed by atoms with Gasteiger partial charge < -0.3 is 5.32 Å². The maximum Gasteiger partial charge on any atom is 0.282 e. The Kier molecular flexibility index (Phi) is 4.99. The third-order valence-electron chi connectivity index (χ3n) is 3.70. The van der Waals surface area contributed by atoms with Crippen molar-refractivity contribution < 1.29 is 18.0 Å². The van der Waals surface area contributed by atoms with Crippen LogP contribution in [-0.4, -0.2) is 15.7 Å². The van der Waals surface area contributed by atoms with Crippen LogP contribution in [0.2, 0.25) is 5.02 Å². The number of nitrogens with zero attached hydrogens (tertiary/aromatic N) is 2. The van der Waals surface area contributed by atoms with Crippen LogP contribution in [0, 0.1) is 5.82 Å². The predicted molar refractivity (Wildman–Crippen MR) is 93.0 cm³/mol. The van der Waals surface area contributed by atoms with Crippen molar-refractivity contribution in [3.63, 3.8) is 0 Å². The molecule has 0 unspecified atom stereocenters. The summed E-state index contributed by atoms with van der Waals surface area (Å²) < 4.78 is 40.9. The molecule has 1 aromatic heterocycles. The number of halogens is 4. The number of amides is 1. The highest BCUT2D eigenvalue weighted by molar-refractivity contribution is 6.33. The Bertz CT molecular complexity index is 972. The normalized spacial score (nSPS) is 11.0. The summed E-state index contributed by atoms with van der Waals surface area (Å²) in [7, 11) is 1.45. The largest absolute Gasteiger partial charge is 0.321 e. The van der Waals surface area contributed by atoms with E-state index in [-0.39, 0.29) is 5.56 Å². The molecule has 0 bridgehead atoms. The molecule has 3 rings (SSSR count). The van der Waals surface area contributed by atoms with Gasteiger partial charge in [-0.1, -0.05) is 29.8 Å². The molecular weight excluding hydrogens is 367 g/mol. The summed E-state index contributed by atoms with van der Waals surface area (Å²) >= 11 is 6.13. The summed E-state index contributed by atoms with van der Waals surface area (Å²) in [5.41, 5.74) is 0.318. The molecular formula is C18H13ClF3N3O. The number of hydrogen-bond acceptors (Lipinski definition) is 2. The van der Waals surface area contributed by atoms with Crippen LogP contribution in [0.4, 0.5) is 18.9 Å². The fourth-order valence-electron chi connectivity index (χ4n) is 2.56. The summed E-state index contributed by atoms with van der Waals surface area (Å²) in [5, 5.41) is 6.48. The zero-order valence-electron chi connectivity index (χ0n) is 13.5. The van der Waals surface area contributed by atoms with Gasteiger partial charge in [0, 0.05) is 35.1 Å². The summed E-state index contributed by atoms with van der Waals surface area (Å²) in [6, 6.07) is 10.4. The molecule has 0 aliphatic heterocycles. The Labute approximate surface area is 152 Å². The molecule has 1 N–H and O–H groups in total. The van der Waals surface area contributed by atoms with Crippen molar-refractivity contribution in [2.45, 2.75) is 6.43 Å². The second kappa shape index (κ2) is 7.21. The van der Waals surface area contributed by atoms with E-state index in [4.69, 9.17) is 11.6 Å². The third kappa shape index (κ3) is 3.57. The molecule has 0 spiro atoms. The van der Waals surface area contributed by atoms with Crippen molar-refractivity contribution >= 4 is 23.2 Å². The van der Waals surface area contributed by atoms with E-state index in [1.807, 2.05) is 0 Å². The Morgan fingerprint density at radius 2 is 1.92 bits per heavy atom. The Balaban J connectivity index is 1.99. The number of para-hydroxylation sites is 1. The second-order valence-electron chi connectivity index (χ2n) is 5.53. The first-order valence-corrected chi connectivity index (χ1v) is 7.92. The predicted octanol–water partition coefficient (Wildman–Crippen LogP) is 5.07. The SMILES string of the molecule is Cn1cc(C(=O)Nc2ccccc2-c2cc(F)ccc2Cl)c(C(F)F)n1. The summed E-state index contributed by atoms with van der Waals surface area (Å²) in [5.74, 6) is -1.23. The van der Waals surface area contributed by atoms with Gasteiger partial charge in [0.25, 0.3) is 12.3 Å². The van der Waals surface area contributed by atoms with Gasteiger partial charge in [-0.2, -0.15) is 5.10 Å². The molecule has 1 amide bonds. The van der Waals surface area contributed by atoms with Crippen LogP contribution in [0.25, 0.3) is 11.1 Å². The number of rotatable bonds is 4. The van der Waals surface area contributed by atoms with E-state index in [2.05, 4.69) is 10.4 Å². The van der Waals surface area contributed by atoms with Crippen LogP contribution in [0.15, 0.2) is 48.7 Å². The quantitative estimate of drug-likeness (QED) is 0.688. The van der Waals surface area contributed by atoms with Gasteiger partial charge in [-0.15, -0.1) is 0 Å². The Morgan fingerprint density at radius 3 is 2.65 bits per heavy atom.